The average Bonchev–Trinajstić information content (AvgIpc) is 3.52. The predicted octanol–water partition coefficient (Wildman–Crippen LogP) is 7.20. The van der Waals surface area contributed by atoms with Gasteiger partial charge in [-0.3, -0.25) is 15.1 Å². The van der Waals surface area contributed by atoms with Crippen molar-refractivity contribution in [3.8, 4) is 33.9 Å². The van der Waals surface area contributed by atoms with Gasteiger partial charge in [0.1, 0.15) is 11.2 Å². The number of hydrogen-bond donors (Lipinski definition) is 3. The summed E-state index contributed by atoms with van der Waals surface area (Å²) in [4.78, 5) is 17.5. The summed E-state index contributed by atoms with van der Waals surface area (Å²) >= 11 is 0. The van der Waals surface area contributed by atoms with Crippen LogP contribution in [0.15, 0.2) is 91.5 Å². The maximum absolute atomic E-state index is 4.98. The zero-order valence-electron chi connectivity index (χ0n) is 20.8. The zero-order valence-corrected chi connectivity index (χ0v) is 20.8. The van der Waals surface area contributed by atoms with Crippen molar-refractivity contribution in [2.45, 2.75) is 20.3 Å². The molecule has 6 aromatic rings. The number of allylic oxidation sites excluding steroid dienone is 1. The summed E-state index contributed by atoms with van der Waals surface area (Å²) in [5.41, 5.74) is 9.98. The van der Waals surface area contributed by atoms with Crippen molar-refractivity contribution in [2.75, 3.05) is 5.32 Å². The van der Waals surface area contributed by atoms with Crippen molar-refractivity contribution in [2.24, 2.45) is 5.92 Å². The molecule has 0 saturated heterocycles. The third-order valence-corrected chi connectivity index (χ3v) is 6.28. The molecular formula is C30H27N7. The van der Waals surface area contributed by atoms with Crippen molar-refractivity contribution in [1.82, 2.24) is 30.1 Å². The van der Waals surface area contributed by atoms with E-state index < -0.39 is 0 Å². The van der Waals surface area contributed by atoms with Gasteiger partial charge in [0.25, 0.3) is 0 Å². The highest BCUT2D eigenvalue weighted by atomic mass is 15.1. The smallest absolute Gasteiger partial charge is 0.135 e. The molecule has 0 aliphatic heterocycles. The summed E-state index contributed by atoms with van der Waals surface area (Å²) in [5.74, 6) is 0.532. The lowest BCUT2D eigenvalue weighted by Crippen LogP contribution is -2.02. The van der Waals surface area contributed by atoms with Crippen LogP contribution in [0.1, 0.15) is 20.3 Å². The second-order valence-corrected chi connectivity index (χ2v) is 9.62. The molecule has 0 aliphatic rings. The van der Waals surface area contributed by atoms with E-state index in [-0.39, 0.29) is 0 Å². The van der Waals surface area contributed by atoms with Crippen molar-refractivity contribution in [3.05, 3.63) is 91.5 Å². The first-order valence-corrected chi connectivity index (χ1v) is 12.3. The molecule has 37 heavy (non-hydrogen) atoms. The fourth-order valence-corrected chi connectivity index (χ4v) is 4.67. The summed E-state index contributed by atoms with van der Waals surface area (Å²) in [6.45, 7) is 8.49. The lowest BCUT2D eigenvalue weighted by atomic mass is 10.1. The van der Waals surface area contributed by atoms with Gasteiger partial charge in [-0.2, -0.15) is 5.10 Å². The summed E-state index contributed by atoms with van der Waals surface area (Å²) in [7, 11) is 0. The Balaban J connectivity index is 1.38. The predicted molar refractivity (Wildman–Crippen MR) is 150 cm³/mol. The lowest BCUT2D eigenvalue weighted by molar-refractivity contribution is 0.645. The Kier molecular flexibility index (Phi) is 5.73. The van der Waals surface area contributed by atoms with Gasteiger partial charge >= 0.3 is 0 Å². The minimum Gasteiger partial charge on any atom is -0.358 e. The highest BCUT2D eigenvalue weighted by Gasteiger charge is 2.16. The molecule has 5 aromatic heterocycles. The molecule has 0 atom stereocenters. The highest BCUT2D eigenvalue weighted by Crippen LogP contribution is 2.33. The van der Waals surface area contributed by atoms with Crippen LogP contribution in [0.25, 0.3) is 55.8 Å². The van der Waals surface area contributed by atoms with Gasteiger partial charge in [0.15, 0.2) is 0 Å². The van der Waals surface area contributed by atoms with Gasteiger partial charge in [-0.05, 0) is 54.8 Å². The molecular weight excluding hydrogens is 458 g/mol. The fourth-order valence-electron chi connectivity index (χ4n) is 4.67. The number of nitrogens with zero attached hydrogens (tertiary/aromatic N) is 4. The van der Waals surface area contributed by atoms with Crippen LogP contribution in [0, 0.1) is 5.92 Å². The van der Waals surface area contributed by atoms with Gasteiger partial charge in [-0.15, -0.1) is 0 Å². The van der Waals surface area contributed by atoms with Gasteiger partial charge in [0.2, 0.25) is 0 Å². The number of pyridine rings is 3. The first-order valence-electron chi connectivity index (χ1n) is 12.3. The normalized spacial score (nSPS) is 11.4. The number of benzene rings is 1. The number of fused-ring (bicyclic) bond motifs is 2. The van der Waals surface area contributed by atoms with E-state index in [0.717, 1.165) is 73.6 Å². The maximum atomic E-state index is 4.98. The number of aromatic nitrogens is 6. The number of rotatable bonds is 7. The Bertz CT molecular complexity index is 1730. The quantitative estimate of drug-likeness (QED) is 0.222. The standard InChI is InChI=1S/C30H27N7/c1-18(2)13-19(3)33-21-14-20(16-31-17-21)24-10-11-27-29(35-24)30(37-36-27)28-15-23-22(7-6-9-26(23)34-28)25-8-4-5-12-32-25/h4-12,14-18,33-34H,3,13H2,1-2H3,(H,36,37). The Morgan fingerprint density at radius 1 is 0.973 bits per heavy atom. The van der Waals surface area contributed by atoms with Crippen LogP contribution in [0.4, 0.5) is 5.69 Å². The number of H-pyrrole nitrogens is 2. The van der Waals surface area contributed by atoms with Gasteiger partial charge in [-0.25, -0.2) is 4.98 Å². The molecule has 0 spiro atoms. The van der Waals surface area contributed by atoms with E-state index in [2.05, 4.69) is 75.2 Å². The van der Waals surface area contributed by atoms with E-state index in [9.17, 15) is 0 Å². The van der Waals surface area contributed by atoms with Gasteiger partial charge in [0, 0.05) is 40.1 Å². The molecule has 182 valence electrons. The second-order valence-electron chi connectivity index (χ2n) is 9.62. The first kappa shape index (κ1) is 22.7. The van der Waals surface area contributed by atoms with Crippen LogP contribution >= 0.6 is 0 Å². The minimum atomic E-state index is 0.532. The Hall–Kier alpha value is -4.78. The van der Waals surface area contributed by atoms with Crippen LogP contribution in [0.5, 0.6) is 0 Å². The largest absolute Gasteiger partial charge is 0.358 e. The second kappa shape index (κ2) is 9.35. The van der Waals surface area contributed by atoms with E-state index in [4.69, 9.17) is 4.98 Å². The molecule has 0 amide bonds. The molecule has 3 N–H and O–H groups in total. The number of hydrogen-bond acceptors (Lipinski definition) is 5. The molecule has 1 aromatic carbocycles. The maximum Gasteiger partial charge on any atom is 0.135 e. The molecule has 6 rings (SSSR count). The topological polar surface area (TPSA) is 95.2 Å². The summed E-state index contributed by atoms with van der Waals surface area (Å²) in [6, 6.07) is 20.3. The Labute approximate surface area is 214 Å². The molecule has 5 heterocycles. The van der Waals surface area contributed by atoms with Crippen molar-refractivity contribution < 1.29 is 0 Å². The van der Waals surface area contributed by atoms with E-state index in [1.165, 1.54) is 0 Å². The van der Waals surface area contributed by atoms with Crippen LogP contribution in [-0.4, -0.2) is 30.1 Å². The molecule has 7 heteroatoms. The Morgan fingerprint density at radius 3 is 2.73 bits per heavy atom. The molecule has 0 bridgehead atoms. The van der Waals surface area contributed by atoms with Gasteiger partial charge in [-0.1, -0.05) is 38.6 Å². The number of nitrogens with one attached hydrogen (secondary N) is 3. The van der Waals surface area contributed by atoms with E-state index >= 15 is 0 Å². The summed E-state index contributed by atoms with van der Waals surface area (Å²) in [5, 5.41) is 12.2. The summed E-state index contributed by atoms with van der Waals surface area (Å²) in [6.07, 6.45) is 6.35. The molecule has 0 radical (unpaired) electrons. The monoisotopic (exact) mass is 485 g/mol. The van der Waals surface area contributed by atoms with Gasteiger partial charge < -0.3 is 10.3 Å². The minimum absolute atomic E-state index is 0.532. The molecule has 0 unspecified atom stereocenters. The fraction of sp³-hybridized carbons (Fsp3) is 0.133. The van der Waals surface area contributed by atoms with Crippen LogP contribution in [-0.2, 0) is 0 Å². The van der Waals surface area contributed by atoms with E-state index in [0.29, 0.717) is 5.92 Å². The number of anilines is 1. The van der Waals surface area contributed by atoms with Crippen LogP contribution in [0.2, 0.25) is 0 Å². The molecule has 0 fully saturated rings. The molecule has 0 aliphatic carbocycles. The molecule has 0 saturated carbocycles. The lowest BCUT2D eigenvalue weighted by Gasteiger charge is -2.12. The SMILES string of the molecule is C=C(CC(C)C)Nc1cncc(-c2ccc3[nH]nc(-c4cc5c(-c6ccccn6)cccc5[nH]4)c3n2)c1. The molecule has 7 nitrogen and oxygen atoms in total. The van der Waals surface area contributed by atoms with E-state index in [1.54, 1.807) is 6.20 Å². The van der Waals surface area contributed by atoms with Crippen LogP contribution in [0.3, 0.4) is 0 Å². The van der Waals surface area contributed by atoms with Crippen molar-refractivity contribution in [1.29, 1.82) is 0 Å². The zero-order chi connectivity index (χ0) is 25.4. The third kappa shape index (κ3) is 4.47. The number of aromatic amines is 2. The average molecular weight is 486 g/mol. The Morgan fingerprint density at radius 2 is 1.89 bits per heavy atom. The summed E-state index contributed by atoms with van der Waals surface area (Å²) < 4.78 is 0. The van der Waals surface area contributed by atoms with Crippen molar-refractivity contribution >= 4 is 27.6 Å². The highest BCUT2D eigenvalue weighted by molar-refractivity contribution is 6.00. The first-order chi connectivity index (χ1) is 18.0. The van der Waals surface area contributed by atoms with Crippen LogP contribution < -0.4 is 5.32 Å². The van der Waals surface area contributed by atoms with Crippen molar-refractivity contribution in [3.63, 3.8) is 0 Å². The van der Waals surface area contributed by atoms with E-state index in [1.807, 2.05) is 48.8 Å². The van der Waals surface area contributed by atoms with Gasteiger partial charge in [0.05, 0.1) is 34.5 Å². The third-order valence-electron chi connectivity index (χ3n) is 6.28.